The third-order valence-corrected chi connectivity index (χ3v) is 5.91. The van der Waals surface area contributed by atoms with E-state index in [2.05, 4.69) is 10.3 Å². The summed E-state index contributed by atoms with van der Waals surface area (Å²) in [4.78, 5) is 65.6. The van der Waals surface area contributed by atoms with Gasteiger partial charge in [0.2, 0.25) is 5.88 Å². The van der Waals surface area contributed by atoms with Gasteiger partial charge in [-0.25, -0.2) is 19.1 Å². The lowest BCUT2D eigenvalue weighted by atomic mass is 10.1. The quantitative estimate of drug-likeness (QED) is 0.232. The maximum Gasteiger partial charge on any atom is 0.335 e. The maximum atomic E-state index is 13.0. The lowest BCUT2D eigenvalue weighted by Crippen LogP contribution is -2.54. The average Bonchev–Trinajstić information content (AvgIpc) is 2.93. The van der Waals surface area contributed by atoms with Gasteiger partial charge in [-0.15, -0.1) is 0 Å². The Bertz CT molecular complexity index is 1690. The molecule has 3 N–H and O–H groups in total. The van der Waals surface area contributed by atoms with Gasteiger partial charge in [-0.2, -0.15) is 0 Å². The van der Waals surface area contributed by atoms with Gasteiger partial charge in [-0.1, -0.05) is 17.7 Å². The summed E-state index contributed by atoms with van der Waals surface area (Å²) in [5, 5.41) is 12.9. The SMILES string of the molecule is COc1ccc(N2C(=O)NC(=O)\C(=C/C=C(C)/C=C/c3c(O)n(-c4ccc(OC)cc4)c(=O)[nH]c3=O)C2=O)cc1. The van der Waals surface area contributed by atoms with E-state index in [0.717, 1.165) is 9.47 Å². The van der Waals surface area contributed by atoms with Crippen LogP contribution in [0.2, 0.25) is 0 Å². The smallest absolute Gasteiger partial charge is 0.335 e. The van der Waals surface area contributed by atoms with Crippen LogP contribution < -0.4 is 30.9 Å². The van der Waals surface area contributed by atoms with Crippen molar-refractivity contribution in [2.75, 3.05) is 19.1 Å². The van der Waals surface area contributed by atoms with E-state index in [0.29, 0.717) is 22.8 Å². The summed E-state index contributed by atoms with van der Waals surface area (Å²) in [5.74, 6) is -1.22. The Balaban J connectivity index is 1.62. The number of aromatic nitrogens is 2. The predicted octanol–water partition coefficient (Wildman–Crippen LogP) is 2.42. The molecule has 0 unspecified atom stereocenters. The van der Waals surface area contributed by atoms with Crippen LogP contribution in [0.5, 0.6) is 17.4 Å². The molecule has 0 atom stereocenters. The number of allylic oxidation sites excluding steroid dienone is 4. The van der Waals surface area contributed by atoms with E-state index in [1.807, 2.05) is 0 Å². The van der Waals surface area contributed by atoms with Crippen molar-refractivity contribution >= 4 is 29.6 Å². The highest BCUT2D eigenvalue weighted by atomic mass is 16.5. The fourth-order valence-corrected chi connectivity index (χ4v) is 3.79. The predicted molar refractivity (Wildman–Crippen MR) is 146 cm³/mol. The summed E-state index contributed by atoms with van der Waals surface area (Å²) >= 11 is 0. The van der Waals surface area contributed by atoms with Crippen LogP contribution in [0.25, 0.3) is 11.8 Å². The highest BCUT2D eigenvalue weighted by Gasteiger charge is 2.36. The van der Waals surface area contributed by atoms with E-state index in [-0.39, 0.29) is 16.8 Å². The van der Waals surface area contributed by atoms with Gasteiger partial charge in [0.1, 0.15) is 22.6 Å². The van der Waals surface area contributed by atoms with Crippen molar-refractivity contribution in [2.24, 2.45) is 0 Å². The number of urea groups is 1. The Hall–Kier alpha value is -5.65. The van der Waals surface area contributed by atoms with Crippen LogP contribution in [0, 0.1) is 0 Å². The van der Waals surface area contributed by atoms with Crippen LogP contribution in [0.3, 0.4) is 0 Å². The highest BCUT2D eigenvalue weighted by Crippen LogP contribution is 2.24. The molecule has 1 aromatic heterocycles. The summed E-state index contributed by atoms with van der Waals surface area (Å²) in [6.45, 7) is 1.62. The molecule has 0 radical (unpaired) electrons. The lowest BCUT2D eigenvalue weighted by molar-refractivity contribution is -0.122. The number of carbonyl (C=O) groups excluding carboxylic acids is 3. The highest BCUT2D eigenvalue weighted by molar-refractivity contribution is 6.37. The molecule has 12 heteroatoms. The number of H-pyrrole nitrogens is 1. The van der Waals surface area contributed by atoms with E-state index in [1.54, 1.807) is 31.2 Å². The number of hydrogen-bond donors (Lipinski definition) is 3. The van der Waals surface area contributed by atoms with Crippen LogP contribution in [0.1, 0.15) is 12.5 Å². The summed E-state index contributed by atoms with van der Waals surface area (Å²) in [5.41, 5.74) is -1.13. The molecule has 4 rings (SSSR count). The van der Waals surface area contributed by atoms with Gasteiger partial charge in [0, 0.05) is 0 Å². The van der Waals surface area contributed by atoms with Gasteiger partial charge in [-0.05, 0) is 67.6 Å². The summed E-state index contributed by atoms with van der Waals surface area (Å²) < 4.78 is 11.1. The first kappa shape index (κ1) is 27.4. The van der Waals surface area contributed by atoms with Gasteiger partial charge in [0.05, 0.1) is 25.6 Å². The standard InChI is InChI=1S/C28H24N4O8/c1-16(4-14-21-23(33)29-27(37)31(25(21)35)17-6-10-19(39-2)11-7-17)5-15-22-24(34)30-28(38)32(26(22)36)18-8-12-20(40-3)13-9-18/h4-15,35H,1-3H3,(H,29,33,37)(H,30,34,38)/b14-4+,16-5+,22-15+. The lowest BCUT2D eigenvalue weighted by Gasteiger charge is -2.26. The molecule has 4 amide bonds. The molecule has 1 aliphatic rings. The molecule has 1 aliphatic heterocycles. The molecule has 2 heterocycles. The zero-order valence-electron chi connectivity index (χ0n) is 21.6. The van der Waals surface area contributed by atoms with Crippen LogP contribution in [-0.2, 0) is 9.59 Å². The number of benzene rings is 2. The van der Waals surface area contributed by atoms with Crippen molar-refractivity contribution in [3.05, 3.63) is 104 Å². The number of ether oxygens (including phenoxy) is 2. The Labute approximate surface area is 227 Å². The number of barbiturate groups is 1. The van der Waals surface area contributed by atoms with E-state index in [1.165, 1.54) is 62.8 Å². The van der Waals surface area contributed by atoms with E-state index >= 15 is 0 Å². The Kier molecular flexibility index (Phi) is 7.80. The number of nitrogens with one attached hydrogen (secondary N) is 2. The second-order valence-corrected chi connectivity index (χ2v) is 8.45. The fourth-order valence-electron chi connectivity index (χ4n) is 3.79. The van der Waals surface area contributed by atoms with Gasteiger partial charge in [0.25, 0.3) is 17.4 Å². The van der Waals surface area contributed by atoms with Gasteiger partial charge < -0.3 is 14.6 Å². The average molecular weight is 545 g/mol. The minimum absolute atomic E-state index is 0.196. The molecule has 0 aliphatic carbocycles. The largest absolute Gasteiger partial charge is 0.497 e. The number of nitrogens with zero attached hydrogens (tertiary/aromatic N) is 2. The number of aromatic amines is 1. The number of rotatable bonds is 7. The first-order valence-electron chi connectivity index (χ1n) is 11.8. The minimum Gasteiger partial charge on any atom is -0.497 e. The van der Waals surface area contributed by atoms with Crippen molar-refractivity contribution in [1.29, 1.82) is 0 Å². The van der Waals surface area contributed by atoms with Gasteiger partial charge in [-0.3, -0.25) is 24.7 Å². The van der Waals surface area contributed by atoms with Crippen LogP contribution in [0.15, 0.2) is 87.5 Å². The second kappa shape index (κ2) is 11.4. The Morgan fingerprint density at radius 2 is 1.45 bits per heavy atom. The molecule has 12 nitrogen and oxygen atoms in total. The zero-order chi connectivity index (χ0) is 29.0. The van der Waals surface area contributed by atoms with Crippen LogP contribution in [0.4, 0.5) is 10.5 Å². The molecule has 2 aromatic carbocycles. The van der Waals surface area contributed by atoms with Crippen molar-refractivity contribution in [1.82, 2.24) is 14.9 Å². The molecule has 40 heavy (non-hydrogen) atoms. The number of imide groups is 2. The third-order valence-electron chi connectivity index (χ3n) is 5.91. The number of amides is 4. The number of methoxy groups -OCH3 is 2. The second-order valence-electron chi connectivity index (χ2n) is 8.45. The first-order valence-corrected chi connectivity index (χ1v) is 11.8. The van der Waals surface area contributed by atoms with Crippen molar-refractivity contribution in [3.63, 3.8) is 0 Å². The zero-order valence-corrected chi connectivity index (χ0v) is 21.6. The third kappa shape index (κ3) is 5.45. The molecule has 204 valence electrons. The minimum atomic E-state index is -0.889. The van der Waals surface area contributed by atoms with E-state index < -0.39 is 35.0 Å². The Morgan fingerprint density at radius 1 is 0.875 bits per heavy atom. The molecule has 3 aromatic rings. The van der Waals surface area contributed by atoms with Crippen molar-refractivity contribution < 1.29 is 29.0 Å². The number of aromatic hydroxyl groups is 1. The fraction of sp³-hybridized carbons (Fsp3) is 0.107. The molecule has 1 saturated heterocycles. The molecule has 0 saturated carbocycles. The van der Waals surface area contributed by atoms with E-state index in [4.69, 9.17) is 9.47 Å². The van der Waals surface area contributed by atoms with E-state index in [9.17, 15) is 29.1 Å². The molecule has 0 spiro atoms. The van der Waals surface area contributed by atoms with Crippen molar-refractivity contribution in [3.8, 4) is 23.1 Å². The normalized spacial score (nSPS) is 15.1. The number of anilines is 1. The monoisotopic (exact) mass is 544 g/mol. The van der Waals surface area contributed by atoms with Crippen molar-refractivity contribution in [2.45, 2.75) is 6.92 Å². The van der Waals surface area contributed by atoms with Crippen LogP contribution >= 0.6 is 0 Å². The molecule has 0 bridgehead atoms. The summed E-state index contributed by atoms with van der Waals surface area (Å²) in [6, 6.07) is 11.5. The van der Waals surface area contributed by atoms with Gasteiger partial charge >= 0.3 is 11.7 Å². The first-order chi connectivity index (χ1) is 19.1. The number of hydrogen-bond acceptors (Lipinski definition) is 8. The molecular weight excluding hydrogens is 520 g/mol. The summed E-state index contributed by atoms with van der Waals surface area (Å²) in [6.07, 6.45) is 5.40. The molecular formula is C28H24N4O8. The Morgan fingerprint density at radius 3 is 2.02 bits per heavy atom. The van der Waals surface area contributed by atoms with Gasteiger partial charge in [0.15, 0.2) is 0 Å². The molecule has 1 fully saturated rings. The summed E-state index contributed by atoms with van der Waals surface area (Å²) in [7, 11) is 2.96. The maximum absolute atomic E-state index is 13.0. The van der Waals surface area contributed by atoms with Crippen LogP contribution in [-0.4, -0.2) is 46.7 Å². The topological polar surface area (TPSA) is 160 Å². The number of carbonyl (C=O) groups is 3.